The van der Waals surface area contributed by atoms with Crippen LogP contribution in [0.3, 0.4) is 0 Å². The van der Waals surface area contributed by atoms with E-state index in [2.05, 4.69) is 5.32 Å². The lowest BCUT2D eigenvalue weighted by Crippen LogP contribution is -2.47. The van der Waals surface area contributed by atoms with Gasteiger partial charge in [0.15, 0.2) is 0 Å². The zero-order valence-electron chi connectivity index (χ0n) is 11.7. The van der Waals surface area contributed by atoms with Crippen molar-refractivity contribution in [1.29, 1.82) is 0 Å². The first-order valence-corrected chi connectivity index (χ1v) is 8.23. The van der Waals surface area contributed by atoms with Gasteiger partial charge in [0.25, 0.3) is 5.91 Å². The summed E-state index contributed by atoms with van der Waals surface area (Å²) in [5.41, 5.74) is 1.76. The number of anilines is 2. The van der Waals surface area contributed by atoms with Crippen LogP contribution in [0.2, 0.25) is 5.02 Å². The van der Waals surface area contributed by atoms with Crippen LogP contribution in [0, 0.1) is 5.82 Å². The molecule has 0 radical (unpaired) electrons. The first kappa shape index (κ1) is 14.5. The Morgan fingerprint density at radius 2 is 1.91 bits per heavy atom. The molecular formula is C16H10ClFN2O2S. The van der Waals surface area contributed by atoms with Crippen molar-refractivity contribution in [2.45, 2.75) is 4.87 Å². The third-order valence-electron chi connectivity index (χ3n) is 3.96. The van der Waals surface area contributed by atoms with Gasteiger partial charge in [0.05, 0.1) is 5.75 Å². The number of carbonyl (C=O) groups excluding carboxylic acids is 2. The summed E-state index contributed by atoms with van der Waals surface area (Å²) in [6.45, 7) is 0. The minimum absolute atomic E-state index is 0.163. The Balaban J connectivity index is 1.93. The van der Waals surface area contributed by atoms with Crippen LogP contribution in [0.15, 0.2) is 42.5 Å². The maximum Gasteiger partial charge on any atom is 0.266 e. The lowest BCUT2D eigenvalue weighted by Gasteiger charge is -2.32. The second-order valence-corrected chi connectivity index (χ2v) is 6.89. The van der Waals surface area contributed by atoms with Gasteiger partial charge in [-0.25, -0.2) is 4.39 Å². The van der Waals surface area contributed by atoms with Crippen LogP contribution in [0.25, 0.3) is 0 Å². The quantitative estimate of drug-likeness (QED) is 0.859. The van der Waals surface area contributed by atoms with E-state index in [4.69, 9.17) is 11.6 Å². The second-order valence-electron chi connectivity index (χ2n) is 5.28. The van der Waals surface area contributed by atoms with Crippen molar-refractivity contribution in [2.75, 3.05) is 16.0 Å². The Hall–Kier alpha value is -2.05. The molecule has 116 valence electrons. The van der Waals surface area contributed by atoms with Crippen LogP contribution < -0.4 is 10.2 Å². The zero-order chi connectivity index (χ0) is 16.2. The van der Waals surface area contributed by atoms with E-state index >= 15 is 0 Å². The summed E-state index contributed by atoms with van der Waals surface area (Å²) in [4.78, 5) is 25.4. The molecule has 2 aliphatic rings. The highest BCUT2D eigenvalue weighted by atomic mass is 35.5. The van der Waals surface area contributed by atoms with Crippen molar-refractivity contribution < 1.29 is 14.0 Å². The van der Waals surface area contributed by atoms with Gasteiger partial charge in [-0.15, -0.1) is 11.8 Å². The number of carbonyl (C=O) groups is 2. The van der Waals surface area contributed by atoms with Crippen molar-refractivity contribution >= 4 is 46.6 Å². The standard InChI is InChI=1S/C16H10ClFN2O2S/c17-9-1-6-13-12(7-9)16(15(22)19-13)20(14(21)8-23-16)11-4-2-10(18)3-5-11/h1-7H,8H2,(H,19,22). The molecule has 1 unspecified atom stereocenters. The molecule has 0 aromatic heterocycles. The number of nitrogens with zero attached hydrogens (tertiary/aromatic N) is 1. The van der Waals surface area contributed by atoms with E-state index in [0.29, 0.717) is 22.0 Å². The lowest BCUT2D eigenvalue weighted by atomic mass is 10.0. The average molecular weight is 349 g/mol. The highest BCUT2D eigenvalue weighted by Crippen LogP contribution is 2.54. The van der Waals surface area contributed by atoms with Gasteiger partial charge in [-0.1, -0.05) is 11.6 Å². The van der Waals surface area contributed by atoms with Gasteiger partial charge in [-0.05, 0) is 42.5 Å². The normalized spacial score (nSPS) is 22.6. The van der Waals surface area contributed by atoms with Gasteiger partial charge in [0.2, 0.25) is 10.8 Å². The molecule has 4 nitrogen and oxygen atoms in total. The monoisotopic (exact) mass is 348 g/mol. The summed E-state index contributed by atoms with van der Waals surface area (Å²) in [5, 5.41) is 3.29. The van der Waals surface area contributed by atoms with E-state index in [-0.39, 0.29) is 17.6 Å². The molecule has 7 heteroatoms. The van der Waals surface area contributed by atoms with E-state index in [0.717, 1.165) is 0 Å². The van der Waals surface area contributed by atoms with Gasteiger partial charge in [0, 0.05) is 22.0 Å². The van der Waals surface area contributed by atoms with Crippen molar-refractivity contribution in [3.63, 3.8) is 0 Å². The molecular weight excluding hydrogens is 339 g/mol. The Kier molecular flexibility index (Phi) is 3.14. The number of halogens is 2. The summed E-state index contributed by atoms with van der Waals surface area (Å²) in [5.74, 6) is -0.738. The molecule has 1 saturated heterocycles. The summed E-state index contributed by atoms with van der Waals surface area (Å²) >= 11 is 7.32. The van der Waals surface area contributed by atoms with Crippen LogP contribution in [-0.2, 0) is 14.5 Å². The largest absolute Gasteiger partial charge is 0.323 e. The Morgan fingerprint density at radius 1 is 1.17 bits per heavy atom. The third kappa shape index (κ3) is 1.98. The highest BCUT2D eigenvalue weighted by Gasteiger charge is 2.58. The molecule has 1 fully saturated rings. The lowest BCUT2D eigenvalue weighted by molar-refractivity contribution is -0.122. The first-order chi connectivity index (χ1) is 11.0. The van der Waals surface area contributed by atoms with Gasteiger partial charge in [0.1, 0.15) is 5.82 Å². The molecule has 1 spiro atoms. The van der Waals surface area contributed by atoms with Crippen molar-refractivity contribution in [3.8, 4) is 0 Å². The van der Waals surface area contributed by atoms with E-state index in [1.165, 1.54) is 40.9 Å². The zero-order valence-corrected chi connectivity index (χ0v) is 13.2. The minimum Gasteiger partial charge on any atom is -0.323 e. The molecule has 0 bridgehead atoms. The molecule has 2 aliphatic heterocycles. The molecule has 0 aliphatic carbocycles. The number of hydrogen-bond acceptors (Lipinski definition) is 3. The first-order valence-electron chi connectivity index (χ1n) is 6.86. The summed E-state index contributed by atoms with van der Waals surface area (Å²) in [6, 6.07) is 10.6. The number of rotatable bonds is 1. The molecule has 1 N–H and O–H groups in total. The van der Waals surface area contributed by atoms with E-state index in [1.54, 1.807) is 18.2 Å². The van der Waals surface area contributed by atoms with E-state index in [9.17, 15) is 14.0 Å². The minimum atomic E-state index is -1.20. The SMILES string of the molecule is O=C1CSC2(C(=O)Nc3ccc(Cl)cc32)N1c1ccc(F)cc1. The maximum atomic E-state index is 13.2. The average Bonchev–Trinajstić information content (AvgIpc) is 3.01. The predicted octanol–water partition coefficient (Wildman–Crippen LogP) is 3.36. The van der Waals surface area contributed by atoms with Crippen molar-refractivity contribution in [2.24, 2.45) is 0 Å². The van der Waals surface area contributed by atoms with E-state index < -0.39 is 10.7 Å². The van der Waals surface area contributed by atoms with Gasteiger partial charge in [-0.2, -0.15) is 0 Å². The van der Waals surface area contributed by atoms with Crippen molar-refractivity contribution in [1.82, 2.24) is 0 Å². The summed E-state index contributed by atoms with van der Waals surface area (Å²) in [7, 11) is 0. The van der Waals surface area contributed by atoms with E-state index in [1.807, 2.05) is 0 Å². The Labute approximate surface area is 140 Å². The second kappa shape index (κ2) is 4.97. The van der Waals surface area contributed by atoms with Crippen LogP contribution >= 0.6 is 23.4 Å². The molecule has 0 saturated carbocycles. The van der Waals surface area contributed by atoms with Crippen LogP contribution in [0.1, 0.15) is 5.56 Å². The molecule has 2 heterocycles. The number of benzene rings is 2. The molecule has 2 aromatic carbocycles. The smallest absolute Gasteiger partial charge is 0.266 e. The number of nitrogens with one attached hydrogen (secondary N) is 1. The highest BCUT2D eigenvalue weighted by molar-refractivity contribution is 8.02. The summed E-state index contributed by atoms with van der Waals surface area (Å²) in [6.07, 6.45) is 0. The Morgan fingerprint density at radius 3 is 2.65 bits per heavy atom. The molecule has 1 atom stereocenters. The fourth-order valence-electron chi connectivity index (χ4n) is 2.99. The molecule has 23 heavy (non-hydrogen) atoms. The van der Waals surface area contributed by atoms with Gasteiger partial charge < -0.3 is 5.32 Å². The predicted molar refractivity (Wildman–Crippen MR) is 88.1 cm³/mol. The number of fused-ring (bicyclic) bond motifs is 2. The van der Waals surface area contributed by atoms with Gasteiger partial charge in [-0.3, -0.25) is 14.5 Å². The maximum absolute atomic E-state index is 13.2. The Bertz CT molecular complexity index is 842. The number of thioether (sulfide) groups is 1. The fraction of sp³-hybridized carbons (Fsp3) is 0.125. The third-order valence-corrected chi connectivity index (χ3v) is 5.59. The molecule has 4 rings (SSSR count). The van der Waals surface area contributed by atoms with Crippen LogP contribution in [0.4, 0.5) is 15.8 Å². The molecule has 2 amide bonds. The molecule has 2 aromatic rings. The van der Waals surface area contributed by atoms with Gasteiger partial charge >= 0.3 is 0 Å². The number of amides is 2. The van der Waals surface area contributed by atoms with Crippen LogP contribution in [-0.4, -0.2) is 17.6 Å². The summed E-state index contributed by atoms with van der Waals surface area (Å²) < 4.78 is 13.2. The fourth-order valence-corrected chi connectivity index (χ4v) is 4.46. The van der Waals surface area contributed by atoms with Crippen molar-refractivity contribution in [3.05, 3.63) is 58.9 Å². The topological polar surface area (TPSA) is 49.4 Å². The van der Waals surface area contributed by atoms with Crippen LogP contribution in [0.5, 0.6) is 0 Å². The number of hydrogen-bond donors (Lipinski definition) is 1.